The molecule has 80 valence electrons. The van der Waals surface area contributed by atoms with E-state index in [4.69, 9.17) is 5.11 Å². The largest absolute Gasteiger partial charge is 0.481 e. The summed E-state index contributed by atoms with van der Waals surface area (Å²) < 4.78 is 0. The Morgan fingerprint density at radius 3 is 2.64 bits per heavy atom. The first-order valence-electron chi connectivity index (χ1n) is 4.63. The van der Waals surface area contributed by atoms with Gasteiger partial charge < -0.3 is 15.1 Å². The van der Waals surface area contributed by atoms with E-state index in [2.05, 4.69) is 0 Å². The molecule has 0 aromatic heterocycles. The van der Waals surface area contributed by atoms with Crippen molar-refractivity contribution >= 4 is 11.9 Å². The molecule has 5 nitrogen and oxygen atoms in total. The molecule has 0 saturated carbocycles. The van der Waals surface area contributed by atoms with E-state index in [1.807, 2.05) is 0 Å². The zero-order valence-corrected chi connectivity index (χ0v) is 8.19. The topological polar surface area (TPSA) is 77.8 Å². The van der Waals surface area contributed by atoms with Gasteiger partial charge in [0, 0.05) is 13.1 Å². The minimum absolute atomic E-state index is 0.235. The van der Waals surface area contributed by atoms with Gasteiger partial charge in [-0.25, -0.2) is 0 Å². The van der Waals surface area contributed by atoms with E-state index >= 15 is 0 Å². The Hall–Kier alpha value is -1.10. The zero-order valence-electron chi connectivity index (χ0n) is 8.19. The van der Waals surface area contributed by atoms with Gasteiger partial charge in [-0.3, -0.25) is 9.59 Å². The first-order chi connectivity index (χ1) is 6.41. The van der Waals surface area contributed by atoms with E-state index in [9.17, 15) is 14.7 Å². The minimum Gasteiger partial charge on any atom is -0.481 e. The molecule has 0 radical (unpaired) electrons. The van der Waals surface area contributed by atoms with Crippen LogP contribution >= 0.6 is 0 Å². The fourth-order valence-electron chi connectivity index (χ4n) is 1.67. The molecule has 1 aliphatic rings. The van der Waals surface area contributed by atoms with Gasteiger partial charge in [-0.15, -0.1) is 0 Å². The lowest BCUT2D eigenvalue weighted by atomic mass is 9.95. The molecule has 14 heavy (non-hydrogen) atoms. The Morgan fingerprint density at radius 2 is 2.14 bits per heavy atom. The highest BCUT2D eigenvalue weighted by molar-refractivity contribution is 5.93. The van der Waals surface area contributed by atoms with Crippen LogP contribution in [0.2, 0.25) is 0 Å². The maximum Gasteiger partial charge on any atom is 0.312 e. The Bertz CT molecular complexity index is 249. The molecule has 2 N–H and O–H groups in total. The van der Waals surface area contributed by atoms with Crippen LogP contribution in [0.3, 0.4) is 0 Å². The normalized spacial score (nSPS) is 27.4. The second-order valence-electron chi connectivity index (χ2n) is 3.99. The summed E-state index contributed by atoms with van der Waals surface area (Å²) >= 11 is 0. The molecule has 1 amide bonds. The van der Waals surface area contributed by atoms with E-state index in [0.717, 1.165) is 6.42 Å². The number of carboxylic acid groups (broad SMARTS) is 1. The molecule has 1 unspecified atom stereocenters. The summed E-state index contributed by atoms with van der Waals surface area (Å²) in [5.41, 5.74) is -0.869. The number of aliphatic carboxylic acids is 1. The number of piperidine rings is 1. The van der Waals surface area contributed by atoms with Crippen LogP contribution in [0.25, 0.3) is 0 Å². The van der Waals surface area contributed by atoms with Gasteiger partial charge in [0.2, 0.25) is 5.91 Å². The Kier molecular flexibility index (Phi) is 3.10. The molecular weight excluding hydrogens is 186 g/mol. The monoisotopic (exact) mass is 201 g/mol. The number of nitrogens with zero attached hydrogens (tertiary/aromatic N) is 1. The molecular formula is C9H15NO4. The number of rotatable bonds is 2. The summed E-state index contributed by atoms with van der Waals surface area (Å²) in [6.07, 6.45) is 0.887. The van der Waals surface area contributed by atoms with Gasteiger partial charge in [-0.05, 0) is 19.8 Å². The lowest BCUT2D eigenvalue weighted by Gasteiger charge is -2.36. The molecule has 1 rings (SSSR count). The second kappa shape index (κ2) is 3.96. The lowest BCUT2D eigenvalue weighted by Crippen LogP contribution is -2.48. The van der Waals surface area contributed by atoms with Crippen molar-refractivity contribution in [1.82, 2.24) is 4.90 Å². The second-order valence-corrected chi connectivity index (χ2v) is 3.99. The molecule has 1 saturated heterocycles. The highest BCUT2D eigenvalue weighted by atomic mass is 16.4. The van der Waals surface area contributed by atoms with Gasteiger partial charge in [0.15, 0.2) is 0 Å². The van der Waals surface area contributed by atoms with Crippen LogP contribution in [0.15, 0.2) is 0 Å². The Labute approximate surface area is 82.3 Å². The first kappa shape index (κ1) is 11.0. The van der Waals surface area contributed by atoms with Gasteiger partial charge in [-0.2, -0.15) is 0 Å². The summed E-state index contributed by atoms with van der Waals surface area (Å²) in [4.78, 5) is 23.0. The fourth-order valence-corrected chi connectivity index (χ4v) is 1.67. The average molecular weight is 201 g/mol. The smallest absolute Gasteiger partial charge is 0.312 e. The number of hydrogen-bond donors (Lipinski definition) is 2. The predicted octanol–water partition coefficient (Wildman–Crippen LogP) is -0.166. The number of aliphatic hydroxyl groups is 1. The third-order valence-corrected chi connectivity index (χ3v) is 2.33. The molecule has 0 aromatic rings. The maximum atomic E-state index is 11.3. The highest BCUT2D eigenvalue weighted by Gasteiger charge is 2.31. The number of amides is 1. The molecule has 0 bridgehead atoms. The van der Waals surface area contributed by atoms with Crippen molar-refractivity contribution in [3.05, 3.63) is 0 Å². The molecule has 0 spiro atoms. The standard InChI is InChI=1S/C9H15NO4/c1-9(14)3-2-4-10(6-9)7(11)5-8(12)13/h14H,2-6H2,1H3,(H,12,13). The third kappa shape index (κ3) is 2.99. The summed E-state index contributed by atoms with van der Waals surface area (Å²) in [5, 5.41) is 18.1. The van der Waals surface area contributed by atoms with Crippen LogP contribution in [0.4, 0.5) is 0 Å². The summed E-state index contributed by atoms with van der Waals surface area (Å²) in [7, 11) is 0. The van der Waals surface area contributed by atoms with Gasteiger partial charge >= 0.3 is 5.97 Å². The van der Waals surface area contributed by atoms with Crippen LogP contribution in [0.5, 0.6) is 0 Å². The van der Waals surface area contributed by atoms with E-state index in [0.29, 0.717) is 13.0 Å². The Balaban J connectivity index is 2.52. The van der Waals surface area contributed by atoms with E-state index in [-0.39, 0.29) is 6.54 Å². The SMILES string of the molecule is CC1(O)CCCN(C(=O)CC(=O)O)C1. The van der Waals surface area contributed by atoms with Gasteiger partial charge in [0.05, 0.1) is 5.60 Å². The van der Waals surface area contributed by atoms with Crippen molar-refractivity contribution in [2.24, 2.45) is 0 Å². The number of likely N-dealkylation sites (tertiary alicyclic amines) is 1. The lowest BCUT2D eigenvalue weighted by molar-refractivity contribution is -0.147. The van der Waals surface area contributed by atoms with E-state index in [1.165, 1.54) is 4.90 Å². The van der Waals surface area contributed by atoms with Crippen LogP contribution in [-0.4, -0.2) is 45.7 Å². The maximum absolute atomic E-state index is 11.3. The number of carbonyl (C=O) groups excluding carboxylic acids is 1. The molecule has 1 heterocycles. The van der Waals surface area contributed by atoms with Gasteiger partial charge in [0.1, 0.15) is 6.42 Å². The number of carbonyl (C=O) groups is 2. The summed E-state index contributed by atoms with van der Waals surface area (Å²) in [6.45, 7) is 2.44. The van der Waals surface area contributed by atoms with Crippen LogP contribution in [0.1, 0.15) is 26.2 Å². The molecule has 1 fully saturated rings. The van der Waals surface area contributed by atoms with Crippen LogP contribution in [-0.2, 0) is 9.59 Å². The summed E-state index contributed by atoms with van der Waals surface area (Å²) in [6, 6.07) is 0. The van der Waals surface area contributed by atoms with Crippen molar-refractivity contribution < 1.29 is 19.8 Å². The fraction of sp³-hybridized carbons (Fsp3) is 0.778. The van der Waals surface area contributed by atoms with Crippen molar-refractivity contribution in [2.45, 2.75) is 31.8 Å². The number of β-amino-alcohol motifs (C(OH)–C–C–N with tert-alkyl or cyclic N) is 1. The summed E-state index contributed by atoms with van der Waals surface area (Å²) in [5.74, 6) is -1.54. The number of carboxylic acids is 1. The first-order valence-corrected chi connectivity index (χ1v) is 4.63. The molecule has 1 aliphatic heterocycles. The third-order valence-electron chi connectivity index (χ3n) is 2.33. The highest BCUT2D eigenvalue weighted by Crippen LogP contribution is 2.20. The van der Waals surface area contributed by atoms with Crippen molar-refractivity contribution in [2.75, 3.05) is 13.1 Å². The molecule has 1 atom stereocenters. The number of hydrogen-bond acceptors (Lipinski definition) is 3. The van der Waals surface area contributed by atoms with Crippen LogP contribution < -0.4 is 0 Å². The predicted molar refractivity (Wildman–Crippen MR) is 48.7 cm³/mol. The van der Waals surface area contributed by atoms with E-state index < -0.39 is 23.9 Å². The van der Waals surface area contributed by atoms with Gasteiger partial charge in [0.25, 0.3) is 0 Å². The zero-order chi connectivity index (χ0) is 10.8. The quantitative estimate of drug-likeness (QED) is 0.608. The average Bonchev–Trinajstić information content (AvgIpc) is 2.01. The van der Waals surface area contributed by atoms with Crippen molar-refractivity contribution in [3.63, 3.8) is 0 Å². The van der Waals surface area contributed by atoms with Crippen LogP contribution in [0, 0.1) is 0 Å². The van der Waals surface area contributed by atoms with Gasteiger partial charge in [-0.1, -0.05) is 0 Å². The molecule has 5 heteroatoms. The Morgan fingerprint density at radius 1 is 1.50 bits per heavy atom. The molecule has 0 aliphatic carbocycles. The minimum atomic E-state index is -1.12. The van der Waals surface area contributed by atoms with E-state index in [1.54, 1.807) is 6.92 Å². The van der Waals surface area contributed by atoms with Crippen molar-refractivity contribution in [3.8, 4) is 0 Å². The van der Waals surface area contributed by atoms with Crippen molar-refractivity contribution in [1.29, 1.82) is 0 Å². The molecule has 0 aromatic carbocycles.